The van der Waals surface area contributed by atoms with Crippen LogP contribution in [0.5, 0.6) is 5.75 Å². The number of methoxy groups -OCH3 is 1. The molecule has 12 heteroatoms. The summed E-state index contributed by atoms with van der Waals surface area (Å²) in [6.07, 6.45) is 1.95. The zero-order valence-corrected chi connectivity index (χ0v) is 30.8. The molecule has 1 aliphatic rings. The van der Waals surface area contributed by atoms with E-state index in [1.165, 1.54) is 25.6 Å². The average Bonchev–Trinajstić information content (AvgIpc) is 3.37. The largest absolute Gasteiger partial charge is 0.609 e. The highest BCUT2D eigenvalue weighted by Crippen LogP contribution is 2.43. The molecular formula is C36H43F3N4O3SSi. The molecule has 0 amide bonds. The van der Waals surface area contributed by atoms with Crippen LogP contribution in [0.4, 0.5) is 19.0 Å². The van der Waals surface area contributed by atoms with Gasteiger partial charge in [-0.3, -0.25) is 0 Å². The number of pyridine rings is 1. The van der Waals surface area contributed by atoms with Gasteiger partial charge in [-0.05, 0) is 53.6 Å². The predicted octanol–water partition coefficient (Wildman–Crippen LogP) is 8.35. The zero-order chi connectivity index (χ0) is 35.1. The molecule has 3 atom stereocenters. The van der Waals surface area contributed by atoms with Gasteiger partial charge in [-0.25, -0.2) is 18.2 Å². The first-order valence-electron chi connectivity index (χ1n) is 16.2. The smallest absolute Gasteiger partial charge is 0.343 e. The molecule has 7 nitrogen and oxygen atoms in total. The van der Waals surface area contributed by atoms with Crippen LogP contribution in [0.1, 0.15) is 60.5 Å². The third-order valence-corrected chi connectivity index (χ3v) is 16.7. The quantitative estimate of drug-likeness (QED) is 0.0572. The van der Waals surface area contributed by atoms with E-state index in [9.17, 15) is 8.94 Å². The van der Waals surface area contributed by atoms with Gasteiger partial charge >= 0.3 is 5.16 Å². The lowest BCUT2D eigenvalue weighted by molar-refractivity contribution is 0.0512. The van der Waals surface area contributed by atoms with Crippen LogP contribution in [0.3, 0.4) is 0 Å². The van der Waals surface area contributed by atoms with Crippen molar-refractivity contribution in [2.24, 2.45) is 0 Å². The summed E-state index contributed by atoms with van der Waals surface area (Å²) >= 11 is -1.61. The van der Waals surface area contributed by atoms with E-state index in [0.717, 1.165) is 0 Å². The Hall–Kier alpha value is -3.37. The van der Waals surface area contributed by atoms with Crippen molar-refractivity contribution < 1.29 is 27.2 Å². The molecule has 2 aromatic heterocycles. The SMILES string of the molecule is COCOc1cc(-c2nc(N3CC[C@@H](F)[C@@H]3C)c3cnc([S+](C)[O-])nc3c2F)c2c(C#C[Si](C(C)C)(C(C)C)C(C)C)c(F)ccc2c1. The number of benzene rings is 2. The Kier molecular flexibility index (Phi) is 10.7. The summed E-state index contributed by atoms with van der Waals surface area (Å²) in [6.45, 7) is 15.1. The highest BCUT2D eigenvalue weighted by atomic mass is 32.2. The molecule has 1 unspecified atom stereocenters. The fourth-order valence-electron chi connectivity index (χ4n) is 7.30. The number of nitrogens with zero attached hydrogens (tertiary/aromatic N) is 4. The van der Waals surface area contributed by atoms with Gasteiger partial charge in [-0.2, -0.15) is 9.97 Å². The van der Waals surface area contributed by atoms with E-state index >= 15 is 8.78 Å². The van der Waals surface area contributed by atoms with Gasteiger partial charge in [0.1, 0.15) is 49.1 Å². The molecule has 0 aliphatic carbocycles. The molecule has 5 rings (SSSR count). The van der Waals surface area contributed by atoms with E-state index in [0.29, 0.717) is 39.7 Å². The first-order chi connectivity index (χ1) is 22.7. The number of fused-ring (bicyclic) bond motifs is 2. The van der Waals surface area contributed by atoms with Crippen molar-refractivity contribution in [2.45, 2.75) is 88.9 Å². The molecule has 1 fully saturated rings. The Morgan fingerprint density at radius 3 is 2.35 bits per heavy atom. The van der Waals surface area contributed by atoms with Gasteiger partial charge in [0.15, 0.2) is 12.6 Å². The maximum absolute atomic E-state index is 16.9. The highest BCUT2D eigenvalue weighted by Gasteiger charge is 2.42. The first-order valence-corrected chi connectivity index (χ1v) is 20.0. The van der Waals surface area contributed by atoms with Crippen molar-refractivity contribution in [3.8, 4) is 28.5 Å². The number of hydrogen-bond acceptors (Lipinski definition) is 7. The van der Waals surface area contributed by atoms with Crippen molar-refractivity contribution in [1.29, 1.82) is 0 Å². The third kappa shape index (κ3) is 6.38. The number of halogens is 3. The molecule has 2 aromatic carbocycles. The van der Waals surface area contributed by atoms with E-state index < -0.39 is 43.1 Å². The molecular weight excluding hydrogens is 654 g/mol. The summed E-state index contributed by atoms with van der Waals surface area (Å²) in [5.41, 5.74) is 4.65. The van der Waals surface area contributed by atoms with E-state index in [2.05, 4.69) is 63.0 Å². The van der Waals surface area contributed by atoms with Gasteiger partial charge in [-0.1, -0.05) is 53.5 Å². The van der Waals surface area contributed by atoms with Crippen LogP contribution in [-0.2, 0) is 15.9 Å². The maximum Gasteiger partial charge on any atom is 0.343 e. The Labute approximate surface area is 284 Å². The zero-order valence-electron chi connectivity index (χ0n) is 29.0. The normalized spacial score (nSPS) is 17.5. The molecule has 48 heavy (non-hydrogen) atoms. The summed E-state index contributed by atoms with van der Waals surface area (Å²) in [7, 11) is -0.811. The van der Waals surface area contributed by atoms with Crippen LogP contribution in [0.25, 0.3) is 32.9 Å². The lowest BCUT2D eigenvalue weighted by atomic mass is 9.95. The topological polar surface area (TPSA) is 83.4 Å². The third-order valence-electron chi connectivity index (χ3n) is 9.74. The molecule has 1 saturated heterocycles. The summed E-state index contributed by atoms with van der Waals surface area (Å²) in [5, 5.41) is 1.14. The van der Waals surface area contributed by atoms with E-state index in [-0.39, 0.29) is 51.9 Å². The van der Waals surface area contributed by atoms with Gasteiger partial charge in [0.2, 0.25) is 0 Å². The molecule has 4 aromatic rings. The van der Waals surface area contributed by atoms with Gasteiger partial charge < -0.3 is 18.9 Å². The minimum absolute atomic E-state index is 0.0562. The van der Waals surface area contributed by atoms with Crippen LogP contribution < -0.4 is 9.64 Å². The monoisotopic (exact) mass is 696 g/mol. The van der Waals surface area contributed by atoms with Crippen LogP contribution in [0, 0.1) is 23.1 Å². The number of ether oxygens (including phenoxy) is 2. The predicted molar refractivity (Wildman–Crippen MR) is 189 cm³/mol. The fraction of sp³-hybridized carbons (Fsp3) is 0.472. The number of aromatic nitrogens is 3. The maximum atomic E-state index is 16.9. The fourth-order valence-corrected chi connectivity index (χ4v) is 12.9. The van der Waals surface area contributed by atoms with Crippen LogP contribution in [0.15, 0.2) is 35.6 Å². The second-order valence-electron chi connectivity index (χ2n) is 13.4. The minimum atomic E-state index is -2.30. The summed E-state index contributed by atoms with van der Waals surface area (Å²) in [6, 6.07) is 5.74. The van der Waals surface area contributed by atoms with Crippen molar-refractivity contribution >= 4 is 46.7 Å². The van der Waals surface area contributed by atoms with E-state index in [4.69, 9.17) is 14.5 Å². The van der Waals surface area contributed by atoms with Gasteiger partial charge in [0.25, 0.3) is 0 Å². The lowest BCUT2D eigenvalue weighted by Crippen LogP contribution is -2.43. The standard InChI is InChI=1S/C36H43F3N4O3SSi/c1-20(2)48(21(3)4,22(5)6)15-13-26-30(38)11-10-24-16-25(46-19-45-8)17-27(31(24)26)33-32(39)34-28(18-40-36(42-34)47(9)44)35(41-33)43-14-12-29(37)23(43)7/h10-11,16-18,20-23,29H,12,14,19H2,1-9H3/t23-,29+,47?/m0/s1. The van der Waals surface area contributed by atoms with Crippen molar-refractivity contribution in [1.82, 2.24) is 15.0 Å². The van der Waals surface area contributed by atoms with E-state index in [1.807, 2.05) is 0 Å². The van der Waals surface area contributed by atoms with Crippen LogP contribution in [0.2, 0.25) is 16.6 Å². The number of hydrogen-bond donors (Lipinski definition) is 0. The van der Waals surface area contributed by atoms with Crippen molar-refractivity contribution in [2.75, 3.05) is 31.6 Å². The Bertz CT molecular complexity index is 1870. The van der Waals surface area contributed by atoms with E-state index in [1.54, 1.807) is 30.0 Å². The molecule has 0 saturated carbocycles. The number of anilines is 1. The van der Waals surface area contributed by atoms with Crippen LogP contribution in [-0.4, -0.2) is 66.5 Å². The summed E-state index contributed by atoms with van der Waals surface area (Å²) in [4.78, 5) is 15.2. The molecule has 0 bridgehead atoms. The second-order valence-corrected chi connectivity index (χ2v) is 20.2. The lowest BCUT2D eigenvalue weighted by Gasteiger charge is -2.38. The molecule has 3 heterocycles. The molecule has 0 radical (unpaired) electrons. The van der Waals surface area contributed by atoms with Gasteiger partial charge in [0, 0.05) is 42.0 Å². The van der Waals surface area contributed by atoms with Crippen molar-refractivity contribution in [3.05, 3.63) is 47.7 Å². The van der Waals surface area contributed by atoms with Crippen molar-refractivity contribution in [3.63, 3.8) is 0 Å². The molecule has 0 N–H and O–H groups in total. The highest BCUT2D eigenvalue weighted by molar-refractivity contribution is 7.90. The Morgan fingerprint density at radius 1 is 1.08 bits per heavy atom. The first kappa shape index (κ1) is 35.9. The van der Waals surface area contributed by atoms with Crippen LogP contribution >= 0.6 is 0 Å². The Morgan fingerprint density at radius 2 is 1.77 bits per heavy atom. The molecule has 1 aliphatic heterocycles. The molecule has 256 valence electrons. The van der Waals surface area contributed by atoms with Gasteiger partial charge in [-0.15, -0.1) is 5.54 Å². The Balaban J connectivity index is 1.91. The second kappa shape index (κ2) is 14.2. The number of alkyl halides is 1. The van der Waals surface area contributed by atoms with Gasteiger partial charge in [0.05, 0.1) is 17.0 Å². The summed E-state index contributed by atoms with van der Waals surface area (Å²) in [5.74, 6) is 2.55. The molecule has 0 spiro atoms. The average molecular weight is 697 g/mol. The number of rotatable bonds is 9. The minimum Gasteiger partial charge on any atom is -0.609 e. The summed E-state index contributed by atoms with van der Waals surface area (Å²) < 4.78 is 71.2.